The highest BCUT2D eigenvalue weighted by atomic mass is 16.2. The first-order valence-electron chi connectivity index (χ1n) is 11.5. The van der Waals surface area contributed by atoms with E-state index in [4.69, 9.17) is 0 Å². The molecule has 3 heterocycles. The number of anilines is 1. The van der Waals surface area contributed by atoms with Gasteiger partial charge in [-0.05, 0) is 29.5 Å². The SMILES string of the molecule is O=C(c1cc(Cc2ccccc2)c(N2CC(Cc3ccccc3)C2)nn1)N1CCNCC1. The highest BCUT2D eigenvalue weighted by Gasteiger charge is 2.30. The van der Waals surface area contributed by atoms with Crippen LogP contribution in [-0.4, -0.2) is 60.3 Å². The Morgan fingerprint density at radius 2 is 1.56 bits per heavy atom. The molecule has 0 aliphatic carbocycles. The molecule has 32 heavy (non-hydrogen) atoms. The van der Waals surface area contributed by atoms with E-state index in [9.17, 15) is 4.79 Å². The zero-order valence-corrected chi connectivity index (χ0v) is 18.3. The van der Waals surface area contributed by atoms with E-state index in [1.165, 1.54) is 11.1 Å². The van der Waals surface area contributed by atoms with Crippen molar-refractivity contribution in [3.05, 3.63) is 89.1 Å². The molecule has 0 atom stereocenters. The molecule has 6 heteroatoms. The summed E-state index contributed by atoms with van der Waals surface area (Å²) in [6, 6.07) is 23.0. The van der Waals surface area contributed by atoms with E-state index < -0.39 is 0 Å². The third-order valence-corrected chi connectivity index (χ3v) is 6.34. The minimum atomic E-state index is -0.0228. The molecule has 2 fully saturated rings. The predicted octanol–water partition coefficient (Wildman–Crippen LogP) is 2.79. The summed E-state index contributed by atoms with van der Waals surface area (Å²) in [5.74, 6) is 1.51. The Bertz CT molecular complexity index is 1040. The van der Waals surface area contributed by atoms with E-state index in [1.807, 2.05) is 17.0 Å². The molecule has 0 bridgehead atoms. The second-order valence-electron chi connectivity index (χ2n) is 8.74. The second kappa shape index (κ2) is 9.49. The lowest BCUT2D eigenvalue weighted by atomic mass is 9.91. The average Bonchev–Trinajstić information content (AvgIpc) is 2.83. The maximum absolute atomic E-state index is 13.0. The monoisotopic (exact) mass is 427 g/mol. The number of hydrogen-bond acceptors (Lipinski definition) is 5. The van der Waals surface area contributed by atoms with Gasteiger partial charge in [-0.15, -0.1) is 10.2 Å². The van der Waals surface area contributed by atoms with Gasteiger partial charge in [0.2, 0.25) is 0 Å². The molecule has 5 rings (SSSR count). The number of rotatable bonds is 6. The van der Waals surface area contributed by atoms with E-state index in [-0.39, 0.29) is 5.91 Å². The lowest BCUT2D eigenvalue weighted by Crippen LogP contribution is -2.49. The van der Waals surface area contributed by atoms with E-state index in [2.05, 4.69) is 75.0 Å². The molecule has 1 N–H and O–H groups in total. The lowest BCUT2D eigenvalue weighted by molar-refractivity contribution is 0.0728. The Hall–Kier alpha value is -3.25. The van der Waals surface area contributed by atoms with E-state index >= 15 is 0 Å². The van der Waals surface area contributed by atoms with Gasteiger partial charge in [0.1, 0.15) is 0 Å². The van der Waals surface area contributed by atoms with Crippen molar-refractivity contribution in [2.24, 2.45) is 5.92 Å². The first-order valence-corrected chi connectivity index (χ1v) is 11.5. The van der Waals surface area contributed by atoms with Gasteiger partial charge in [-0.2, -0.15) is 0 Å². The van der Waals surface area contributed by atoms with Gasteiger partial charge in [0.15, 0.2) is 11.5 Å². The molecule has 1 aromatic heterocycles. The van der Waals surface area contributed by atoms with Crippen molar-refractivity contribution in [2.75, 3.05) is 44.2 Å². The van der Waals surface area contributed by atoms with Gasteiger partial charge in [0.25, 0.3) is 5.91 Å². The van der Waals surface area contributed by atoms with Crippen molar-refractivity contribution in [1.82, 2.24) is 20.4 Å². The largest absolute Gasteiger partial charge is 0.354 e. The van der Waals surface area contributed by atoms with Crippen molar-refractivity contribution >= 4 is 11.7 Å². The molecule has 0 saturated carbocycles. The predicted molar refractivity (Wildman–Crippen MR) is 126 cm³/mol. The van der Waals surface area contributed by atoms with Crippen molar-refractivity contribution < 1.29 is 4.79 Å². The molecule has 0 unspecified atom stereocenters. The van der Waals surface area contributed by atoms with E-state index in [0.29, 0.717) is 24.7 Å². The minimum absolute atomic E-state index is 0.0228. The number of carbonyl (C=O) groups excluding carboxylic acids is 1. The quantitative estimate of drug-likeness (QED) is 0.656. The third-order valence-electron chi connectivity index (χ3n) is 6.34. The topological polar surface area (TPSA) is 61.4 Å². The minimum Gasteiger partial charge on any atom is -0.354 e. The van der Waals surface area contributed by atoms with Crippen molar-refractivity contribution in [3.63, 3.8) is 0 Å². The summed E-state index contributed by atoms with van der Waals surface area (Å²) >= 11 is 0. The fraction of sp³-hybridized carbons (Fsp3) is 0.346. The van der Waals surface area contributed by atoms with Crippen LogP contribution < -0.4 is 10.2 Å². The smallest absolute Gasteiger partial charge is 0.274 e. The molecule has 2 saturated heterocycles. The molecular formula is C26H29N5O. The summed E-state index contributed by atoms with van der Waals surface area (Å²) in [4.78, 5) is 17.2. The van der Waals surface area contributed by atoms with Gasteiger partial charge in [-0.25, -0.2) is 0 Å². The molecular weight excluding hydrogens is 398 g/mol. The molecule has 0 spiro atoms. The number of aromatic nitrogens is 2. The molecule has 0 radical (unpaired) electrons. The second-order valence-corrected chi connectivity index (χ2v) is 8.74. The first-order chi connectivity index (χ1) is 15.8. The van der Waals surface area contributed by atoms with Crippen LogP contribution >= 0.6 is 0 Å². The zero-order chi connectivity index (χ0) is 21.8. The van der Waals surface area contributed by atoms with Gasteiger partial charge >= 0.3 is 0 Å². The Morgan fingerprint density at radius 1 is 0.906 bits per heavy atom. The van der Waals surface area contributed by atoms with Gasteiger partial charge in [-0.3, -0.25) is 4.79 Å². The van der Waals surface area contributed by atoms with E-state index in [1.54, 1.807) is 0 Å². The Balaban J connectivity index is 1.35. The lowest BCUT2D eigenvalue weighted by Gasteiger charge is -2.41. The van der Waals surface area contributed by atoms with Crippen LogP contribution in [0, 0.1) is 5.92 Å². The fourth-order valence-electron chi connectivity index (χ4n) is 4.59. The number of hydrogen-bond donors (Lipinski definition) is 1. The van der Waals surface area contributed by atoms with Crippen LogP contribution in [0.25, 0.3) is 0 Å². The molecule has 2 aliphatic rings. The number of benzene rings is 2. The van der Waals surface area contributed by atoms with Crippen LogP contribution in [0.4, 0.5) is 5.82 Å². The van der Waals surface area contributed by atoms with Crippen LogP contribution in [-0.2, 0) is 12.8 Å². The van der Waals surface area contributed by atoms with Crippen LogP contribution in [0.5, 0.6) is 0 Å². The van der Waals surface area contributed by atoms with Crippen LogP contribution in [0.1, 0.15) is 27.2 Å². The summed E-state index contributed by atoms with van der Waals surface area (Å²) < 4.78 is 0. The highest BCUT2D eigenvalue weighted by molar-refractivity contribution is 5.92. The van der Waals surface area contributed by atoms with Crippen LogP contribution in [0.2, 0.25) is 0 Å². The molecule has 1 amide bonds. The normalized spacial score (nSPS) is 16.6. The van der Waals surface area contributed by atoms with Crippen molar-refractivity contribution in [3.8, 4) is 0 Å². The molecule has 3 aromatic rings. The van der Waals surface area contributed by atoms with Crippen molar-refractivity contribution in [2.45, 2.75) is 12.8 Å². The summed E-state index contributed by atoms with van der Waals surface area (Å²) in [6.07, 6.45) is 1.83. The number of piperazine rings is 1. The fourth-order valence-corrected chi connectivity index (χ4v) is 4.59. The van der Waals surface area contributed by atoms with E-state index in [0.717, 1.165) is 50.4 Å². The molecule has 2 aliphatic heterocycles. The number of amides is 1. The Kier molecular flexibility index (Phi) is 6.12. The Morgan fingerprint density at radius 3 is 2.25 bits per heavy atom. The highest BCUT2D eigenvalue weighted by Crippen LogP contribution is 2.29. The first kappa shape index (κ1) is 20.6. The maximum atomic E-state index is 13.0. The number of nitrogens with zero attached hydrogens (tertiary/aromatic N) is 4. The van der Waals surface area contributed by atoms with Gasteiger partial charge in [-0.1, -0.05) is 60.7 Å². The van der Waals surface area contributed by atoms with Crippen LogP contribution in [0.3, 0.4) is 0 Å². The summed E-state index contributed by atoms with van der Waals surface area (Å²) in [5.41, 5.74) is 4.11. The summed E-state index contributed by atoms with van der Waals surface area (Å²) in [6.45, 7) is 5.01. The number of nitrogens with one attached hydrogen (secondary N) is 1. The Labute approximate surface area is 189 Å². The van der Waals surface area contributed by atoms with Gasteiger partial charge < -0.3 is 15.1 Å². The summed E-state index contributed by atoms with van der Waals surface area (Å²) in [7, 11) is 0. The average molecular weight is 428 g/mol. The molecule has 2 aromatic carbocycles. The number of carbonyl (C=O) groups is 1. The van der Waals surface area contributed by atoms with Gasteiger partial charge in [0, 0.05) is 51.3 Å². The van der Waals surface area contributed by atoms with Crippen molar-refractivity contribution in [1.29, 1.82) is 0 Å². The standard InChI is InChI=1S/C26H29N5O/c32-26(30-13-11-27-12-14-30)24-17-23(16-21-9-5-2-6-10-21)25(29-28-24)31-18-22(19-31)15-20-7-3-1-4-8-20/h1-10,17,22,27H,11-16,18-19H2. The van der Waals surface area contributed by atoms with Crippen LogP contribution in [0.15, 0.2) is 66.7 Å². The third kappa shape index (κ3) is 4.65. The summed E-state index contributed by atoms with van der Waals surface area (Å²) in [5, 5.41) is 12.2. The maximum Gasteiger partial charge on any atom is 0.274 e. The molecule has 164 valence electrons. The van der Waals surface area contributed by atoms with Gasteiger partial charge in [0.05, 0.1) is 0 Å². The molecule has 6 nitrogen and oxygen atoms in total. The zero-order valence-electron chi connectivity index (χ0n) is 18.3.